The lowest BCUT2D eigenvalue weighted by atomic mass is 9.49. The number of hydrogen-bond donors (Lipinski definition) is 0. The fourth-order valence-electron chi connectivity index (χ4n) is 5.30. The van der Waals surface area contributed by atoms with Crippen molar-refractivity contribution in [3.05, 3.63) is 23.8 Å². The van der Waals surface area contributed by atoms with E-state index in [0.29, 0.717) is 5.41 Å². The van der Waals surface area contributed by atoms with Gasteiger partial charge >= 0.3 is 0 Å². The van der Waals surface area contributed by atoms with Crippen molar-refractivity contribution in [2.75, 3.05) is 0 Å². The van der Waals surface area contributed by atoms with Gasteiger partial charge in [0, 0.05) is 0 Å². The van der Waals surface area contributed by atoms with E-state index in [0.717, 1.165) is 29.1 Å². The number of rotatable bonds is 1. The Morgan fingerprint density at radius 2 is 1.95 bits per heavy atom. The van der Waals surface area contributed by atoms with Gasteiger partial charge in [0.2, 0.25) is 0 Å². The summed E-state index contributed by atoms with van der Waals surface area (Å²) in [6, 6.07) is 0. The van der Waals surface area contributed by atoms with Crippen molar-refractivity contribution in [2.24, 2.45) is 34.5 Å². The fourth-order valence-corrected chi connectivity index (χ4v) is 5.30. The summed E-state index contributed by atoms with van der Waals surface area (Å²) in [5.41, 5.74) is 4.55. The van der Waals surface area contributed by atoms with Gasteiger partial charge in [-0.1, -0.05) is 51.5 Å². The van der Waals surface area contributed by atoms with E-state index in [1.165, 1.54) is 37.7 Å². The van der Waals surface area contributed by atoms with E-state index in [2.05, 4.69) is 47.3 Å². The molecule has 5 rings (SSSR count). The Balaban J connectivity index is 0.000000121. The Kier molecular flexibility index (Phi) is 3.23. The van der Waals surface area contributed by atoms with E-state index in [9.17, 15) is 0 Å². The third kappa shape index (κ3) is 1.94. The Labute approximate surface area is 125 Å². The third-order valence-corrected chi connectivity index (χ3v) is 7.42. The molecule has 0 spiro atoms. The average Bonchev–Trinajstić information content (AvgIpc) is 3.05. The van der Waals surface area contributed by atoms with Crippen LogP contribution >= 0.6 is 0 Å². The zero-order valence-corrected chi connectivity index (χ0v) is 14.1. The Morgan fingerprint density at radius 3 is 2.20 bits per heavy atom. The quantitative estimate of drug-likeness (QED) is 0.514. The van der Waals surface area contributed by atoms with Gasteiger partial charge in [0.05, 0.1) is 0 Å². The maximum atomic E-state index is 4.10. The van der Waals surface area contributed by atoms with Crippen LogP contribution in [0, 0.1) is 34.5 Å². The van der Waals surface area contributed by atoms with Crippen LogP contribution in [-0.4, -0.2) is 0 Å². The van der Waals surface area contributed by atoms with Gasteiger partial charge in [-0.3, -0.25) is 0 Å². The summed E-state index contributed by atoms with van der Waals surface area (Å²) in [5, 5.41) is 0. The topological polar surface area (TPSA) is 0 Å². The molecule has 0 radical (unpaired) electrons. The molecule has 5 aliphatic rings. The minimum atomic E-state index is 0.638. The highest BCUT2D eigenvalue weighted by atomic mass is 14.6. The monoisotopic (exact) mass is 272 g/mol. The van der Waals surface area contributed by atoms with Crippen molar-refractivity contribution >= 4 is 0 Å². The molecule has 0 amide bonds. The smallest absolute Gasteiger partial charge is 0.0141 e. The number of fused-ring (bicyclic) bond motifs is 2. The molecule has 0 saturated heterocycles. The molecule has 20 heavy (non-hydrogen) atoms. The SMILES string of the molecule is C=C1CCC2(C(C)C)CC12.CC1=CCC2CC1C2(C)C. The van der Waals surface area contributed by atoms with Gasteiger partial charge in [-0.25, -0.2) is 0 Å². The first-order valence-corrected chi connectivity index (χ1v) is 8.63. The third-order valence-electron chi connectivity index (χ3n) is 7.42. The van der Waals surface area contributed by atoms with Gasteiger partial charge in [0.15, 0.2) is 0 Å². The summed E-state index contributed by atoms with van der Waals surface area (Å²) >= 11 is 0. The molecular formula is C20H32. The van der Waals surface area contributed by atoms with Gasteiger partial charge < -0.3 is 0 Å². The Morgan fingerprint density at radius 1 is 1.25 bits per heavy atom. The van der Waals surface area contributed by atoms with Crippen LogP contribution in [0.1, 0.15) is 66.7 Å². The van der Waals surface area contributed by atoms with Crippen molar-refractivity contribution in [1.29, 1.82) is 0 Å². The molecule has 0 aromatic rings. The Hall–Kier alpha value is -0.520. The molecule has 5 aliphatic carbocycles. The predicted octanol–water partition coefficient (Wildman–Crippen LogP) is 6.00. The minimum absolute atomic E-state index is 0.638. The zero-order valence-electron chi connectivity index (χ0n) is 14.1. The van der Waals surface area contributed by atoms with Gasteiger partial charge in [-0.15, -0.1) is 0 Å². The molecule has 112 valence electrons. The summed E-state index contributed by atoms with van der Waals surface area (Å²) < 4.78 is 0. The van der Waals surface area contributed by atoms with E-state index in [1.807, 2.05) is 0 Å². The normalized spacial score (nSPS) is 43.2. The first kappa shape index (κ1) is 14.4. The number of hydrogen-bond acceptors (Lipinski definition) is 0. The Bertz CT molecular complexity index is 451. The van der Waals surface area contributed by atoms with Crippen molar-refractivity contribution in [3.63, 3.8) is 0 Å². The van der Waals surface area contributed by atoms with Gasteiger partial charge in [-0.05, 0) is 73.5 Å². The summed E-state index contributed by atoms with van der Waals surface area (Å²) in [5.74, 6) is 3.73. The van der Waals surface area contributed by atoms with E-state index in [1.54, 1.807) is 5.57 Å². The van der Waals surface area contributed by atoms with Crippen LogP contribution in [0.4, 0.5) is 0 Å². The van der Waals surface area contributed by atoms with Crippen LogP contribution in [0.3, 0.4) is 0 Å². The molecule has 3 fully saturated rings. The van der Waals surface area contributed by atoms with Crippen LogP contribution in [0.5, 0.6) is 0 Å². The molecule has 0 aliphatic heterocycles. The molecule has 3 saturated carbocycles. The summed E-state index contributed by atoms with van der Waals surface area (Å²) in [7, 11) is 0. The summed E-state index contributed by atoms with van der Waals surface area (Å²) in [6.45, 7) is 16.0. The molecule has 4 unspecified atom stereocenters. The first-order valence-electron chi connectivity index (χ1n) is 8.63. The molecule has 0 nitrogen and oxygen atoms in total. The van der Waals surface area contributed by atoms with Crippen molar-refractivity contribution in [2.45, 2.75) is 66.7 Å². The fraction of sp³-hybridized carbons (Fsp3) is 0.800. The molecule has 0 heteroatoms. The molecule has 0 aromatic carbocycles. The lowest BCUT2D eigenvalue weighted by Gasteiger charge is -2.56. The van der Waals surface area contributed by atoms with Gasteiger partial charge in [-0.2, -0.15) is 0 Å². The van der Waals surface area contributed by atoms with Crippen molar-refractivity contribution in [1.82, 2.24) is 0 Å². The maximum Gasteiger partial charge on any atom is -0.0141 e. The van der Waals surface area contributed by atoms with Gasteiger partial charge in [0.25, 0.3) is 0 Å². The summed E-state index contributed by atoms with van der Waals surface area (Å²) in [6.07, 6.45) is 9.43. The van der Waals surface area contributed by atoms with Crippen LogP contribution in [0.25, 0.3) is 0 Å². The molecule has 4 atom stereocenters. The highest BCUT2D eigenvalue weighted by Gasteiger charge is 2.59. The van der Waals surface area contributed by atoms with E-state index < -0.39 is 0 Å². The molecular weight excluding hydrogens is 240 g/mol. The zero-order chi connectivity index (χ0) is 14.7. The second-order valence-electron chi connectivity index (χ2n) is 8.79. The van der Waals surface area contributed by atoms with Crippen molar-refractivity contribution in [3.8, 4) is 0 Å². The summed E-state index contributed by atoms with van der Waals surface area (Å²) in [4.78, 5) is 0. The van der Waals surface area contributed by atoms with E-state index in [-0.39, 0.29) is 0 Å². The highest BCUT2D eigenvalue weighted by molar-refractivity contribution is 5.26. The second-order valence-corrected chi connectivity index (χ2v) is 8.79. The van der Waals surface area contributed by atoms with Crippen LogP contribution < -0.4 is 0 Å². The van der Waals surface area contributed by atoms with Crippen LogP contribution in [0.2, 0.25) is 0 Å². The largest absolute Gasteiger partial charge is 0.0996 e. The molecule has 0 N–H and O–H groups in total. The molecule has 2 bridgehead atoms. The van der Waals surface area contributed by atoms with Crippen LogP contribution in [0.15, 0.2) is 23.8 Å². The minimum Gasteiger partial charge on any atom is -0.0996 e. The lowest BCUT2D eigenvalue weighted by molar-refractivity contribution is -0.00579. The predicted molar refractivity (Wildman–Crippen MR) is 87.5 cm³/mol. The highest BCUT2D eigenvalue weighted by Crippen LogP contribution is 2.69. The molecule has 0 heterocycles. The second kappa shape index (κ2) is 4.49. The van der Waals surface area contributed by atoms with E-state index >= 15 is 0 Å². The lowest BCUT2D eigenvalue weighted by Crippen LogP contribution is -2.47. The van der Waals surface area contributed by atoms with Gasteiger partial charge in [0.1, 0.15) is 0 Å². The average molecular weight is 272 g/mol. The van der Waals surface area contributed by atoms with Crippen LogP contribution in [-0.2, 0) is 0 Å². The number of allylic oxidation sites excluding steroid dienone is 3. The maximum absolute atomic E-state index is 4.10. The standard InChI is InChI=1S/2C10H16/c1-7-4-5-8-6-9(7)10(8,2)3;1-7(2)10-5-4-8(3)9(10)6-10/h4,8-9H,5-6H2,1-3H3;7,9H,3-6H2,1-2H3. The first-order chi connectivity index (χ1) is 9.29. The van der Waals surface area contributed by atoms with E-state index in [4.69, 9.17) is 0 Å². The van der Waals surface area contributed by atoms with Crippen molar-refractivity contribution < 1.29 is 0 Å². The molecule has 0 aromatic heterocycles.